The summed E-state index contributed by atoms with van der Waals surface area (Å²) < 4.78 is 11.6. The molecule has 0 saturated carbocycles. The minimum Gasteiger partial charge on any atom is -0.491 e. The van der Waals surface area contributed by atoms with Crippen molar-refractivity contribution in [3.8, 4) is 5.75 Å². The summed E-state index contributed by atoms with van der Waals surface area (Å²) in [5.74, 6) is 0.936. The molecule has 0 spiro atoms. The molecule has 1 saturated heterocycles. The first-order valence-electron chi connectivity index (χ1n) is 7.24. The molecule has 1 aliphatic heterocycles. The molecule has 2 rings (SSSR count). The predicted octanol–water partition coefficient (Wildman–Crippen LogP) is 3.13. The van der Waals surface area contributed by atoms with E-state index in [2.05, 4.69) is 38.2 Å². The normalized spacial score (nSPS) is 22.9. The van der Waals surface area contributed by atoms with Gasteiger partial charge in [-0.1, -0.05) is 26.0 Å². The molecule has 3 nitrogen and oxygen atoms in total. The van der Waals surface area contributed by atoms with Gasteiger partial charge in [0.2, 0.25) is 0 Å². The summed E-state index contributed by atoms with van der Waals surface area (Å²) in [6, 6.07) is 8.78. The number of rotatable bonds is 6. The molecule has 1 N–H and O–H groups in total. The van der Waals surface area contributed by atoms with Gasteiger partial charge in [-0.05, 0) is 37.5 Å². The highest BCUT2D eigenvalue weighted by atomic mass is 16.5. The summed E-state index contributed by atoms with van der Waals surface area (Å²) in [5.41, 5.74) is 1.26. The van der Waals surface area contributed by atoms with E-state index in [-0.39, 0.29) is 6.10 Å². The summed E-state index contributed by atoms with van der Waals surface area (Å²) in [5, 5.41) is 3.41. The van der Waals surface area contributed by atoms with Crippen LogP contribution in [0, 0.1) is 0 Å². The van der Waals surface area contributed by atoms with Gasteiger partial charge in [-0.2, -0.15) is 0 Å². The van der Waals surface area contributed by atoms with Crippen molar-refractivity contribution in [3.05, 3.63) is 29.8 Å². The third kappa shape index (κ3) is 4.84. The molecule has 19 heavy (non-hydrogen) atoms. The maximum Gasteiger partial charge on any atom is 0.119 e. The Labute approximate surface area is 116 Å². The van der Waals surface area contributed by atoms with Gasteiger partial charge < -0.3 is 14.8 Å². The molecule has 2 atom stereocenters. The molecule has 0 amide bonds. The van der Waals surface area contributed by atoms with E-state index < -0.39 is 0 Å². The van der Waals surface area contributed by atoms with Crippen LogP contribution < -0.4 is 10.1 Å². The summed E-state index contributed by atoms with van der Waals surface area (Å²) in [6.07, 6.45) is 2.89. The maximum atomic E-state index is 5.83. The molecule has 0 aromatic heterocycles. The zero-order chi connectivity index (χ0) is 13.7. The highest BCUT2D eigenvalue weighted by Crippen LogP contribution is 2.21. The number of ether oxygens (including phenoxy) is 2. The van der Waals surface area contributed by atoms with Crippen molar-refractivity contribution in [1.82, 2.24) is 5.32 Å². The Balaban J connectivity index is 1.81. The van der Waals surface area contributed by atoms with E-state index in [1.54, 1.807) is 0 Å². The van der Waals surface area contributed by atoms with E-state index in [0.29, 0.717) is 18.8 Å². The van der Waals surface area contributed by atoms with Crippen LogP contribution in [-0.4, -0.2) is 24.9 Å². The summed E-state index contributed by atoms with van der Waals surface area (Å²) in [7, 11) is 0. The first kappa shape index (κ1) is 14.4. The number of hydrogen-bond donors (Lipinski definition) is 1. The SMILES string of the molecule is CC(C)NCc1cccc(OCC2CCC(C)O2)c1. The molecule has 1 fully saturated rings. The van der Waals surface area contributed by atoms with Crippen LogP contribution in [0.2, 0.25) is 0 Å². The second kappa shape index (κ2) is 6.92. The Bertz CT molecular complexity index is 392. The van der Waals surface area contributed by atoms with Crippen molar-refractivity contribution in [3.63, 3.8) is 0 Å². The maximum absolute atomic E-state index is 5.83. The van der Waals surface area contributed by atoms with Gasteiger partial charge in [0, 0.05) is 12.6 Å². The molecule has 0 bridgehead atoms. The fourth-order valence-corrected chi connectivity index (χ4v) is 2.26. The van der Waals surface area contributed by atoms with Crippen molar-refractivity contribution in [2.45, 2.75) is 58.4 Å². The van der Waals surface area contributed by atoms with Gasteiger partial charge in [-0.3, -0.25) is 0 Å². The zero-order valence-corrected chi connectivity index (χ0v) is 12.2. The second-order valence-electron chi connectivity index (χ2n) is 5.64. The Kier molecular flexibility index (Phi) is 5.23. The number of nitrogens with one attached hydrogen (secondary N) is 1. The van der Waals surface area contributed by atoms with E-state index in [1.807, 2.05) is 12.1 Å². The topological polar surface area (TPSA) is 30.5 Å². The third-order valence-electron chi connectivity index (χ3n) is 3.37. The first-order chi connectivity index (χ1) is 9.13. The Hall–Kier alpha value is -1.06. The van der Waals surface area contributed by atoms with Crippen molar-refractivity contribution >= 4 is 0 Å². The number of hydrogen-bond acceptors (Lipinski definition) is 3. The van der Waals surface area contributed by atoms with Gasteiger partial charge in [0.25, 0.3) is 0 Å². The zero-order valence-electron chi connectivity index (χ0n) is 12.2. The van der Waals surface area contributed by atoms with Crippen LogP contribution in [0.1, 0.15) is 39.2 Å². The average molecular weight is 263 g/mol. The molecule has 106 valence electrons. The summed E-state index contributed by atoms with van der Waals surface area (Å²) >= 11 is 0. The summed E-state index contributed by atoms with van der Waals surface area (Å²) in [6.45, 7) is 7.97. The monoisotopic (exact) mass is 263 g/mol. The van der Waals surface area contributed by atoms with Crippen molar-refractivity contribution in [1.29, 1.82) is 0 Å². The molecule has 1 heterocycles. The minimum atomic E-state index is 0.257. The largest absolute Gasteiger partial charge is 0.491 e. The van der Waals surface area contributed by atoms with Gasteiger partial charge in [0.15, 0.2) is 0 Å². The molecule has 1 aliphatic rings. The lowest BCUT2D eigenvalue weighted by Gasteiger charge is -2.14. The minimum absolute atomic E-state index is 0.257. The Morgan fingerprint density at radius 2 is 2.21 bits per heavy atom. The standard InChI is InChI=1S/C16H25NO2/c1-12(2)17-10-14-5-4-6-15(9-14)18-11-16-8-7-13(3)19-16/h4-6,9,12-13,16-17H,7-8,10-11H2,1-3H3. The molecule has 1 aromatic carbocycles. The quantitative estimate of drug-likeness (QED) is 0.855. The third-order valence-corrected chi connectivity index (χ3v) is 3.37. The Morgan fingerprint density at radius 3 is 2.89 bits per heavy atom. The van der Waals surface area contributed by atoms with Gasteiger partial charge in [-0.25, -0.2) is 0 Å². The van der Waals surface area contributed by atoms with Crippen LogP contribution >= 0.6 is 0 Å². The van der Waals surface area contributed by atoms with Gasteiger partial charge in [0.05, 0.1) is 12.2 Å². The predicted molar refractivity (Wildman–Crippen MR) is 77.5 cm³/mol. The van der Waals surface area contributed by atoms with Crippen LogP contribution in [0.15, 0.2) is 24.3 Å². The molecule has 3 heteroatoms. The highest BCUT2D eigenvalue weighted by molar-refractivity contribution is 5.28. The van der Waals surface area contributed by atoms with E-state index in [4.69, 9.17) is 9.47 Å². The summed E-state index contributed by atoms with van der Waals surface area (Å²) in [4.78, 5) is 0. The van der Waals surface area contributed by atoms with Crippen LogP contribution in [-0.2, 0) is 11.3 Å². The van der Waals surface area contributed by atoms with E-state index >= 15 is 0 Å². The lowest BCUT2D eigenvalue weighted by molar-refractivity contribution is 0.0264. The van der Waals surface area contributed by atoms with Crippen LogP contribution in [0.3, 0.4) is 0 Å². The first-order valence-corrected chi connectivity index (χ1v) is 7.24. The molecule has 2 unspecified atom stereocenters. The lowest BCUT2D eigenvalue weighted by atomic mass is 10.2. The lowest BCUT2D eigenvalue weighted by Crippen LogP contribution is -2.22. The van der Waals surface area contributed by atoms with Gasteiger partial charge in [0.1, 0.15) is 12.4 Å². The molecular formula is C16H25NO2. The van der Waals surface area contributed by atoms with Crippen molar-refractivity contribution in [2.75, 3.05) is 6.61 Å². The van der Waals surface area contributed by atoms with Crippen molar-refractivity contribution < 1.29 is 9.47 Å². The molecule has 0 radical (unpaired) electrons. The van der Waals surface area contributed by atoms with E-state index in [0.717, 1.165) is 25.1 Å². The van der Waals surface area contributed by atoms with Gasteiger partial charge in [-0.15, -0.1) is 0 Å². The Morgan fingerprint density at radius 1 is 1.37 bits per heavy atom. The number of benzene rings is 1. The molecular weight excluding hydrogens is 238 g/mol. The molecule has 0 aliphatic carbocycles. The fraction of sp³-hybridized carbons (Fsp3) is 0.625. The van der Waals surface area contributed by atoms with Crippen LogP contribution in [0.25, 0.3) is 0 Å². The molecule has 1 aromatic rings. The van der Waals surface area contributed by atoms with Crippen LogP contribution in [0.5, 0.6) is 5.75 Å². The van der Waals surface area contributed by atoms with Crippen molar-refractivity contribution in [2.24, 2.45) is 0 Å². The fourth-order valence-electron chi connectivity index (χ4n) is 2.26. The average Bonchev–Trinajstić information content (AvgIpc) is 2.80. The smallest absolute Gasteiger partial charge is 0.119 e. The highest BCUT2D eigenvalue weighted by Gasteiger charge is 2.22. The van der Waals surface area contributed by atoms with E-state index in [9.17, 15) is 0 Å². The van der Waals surface area contributed by atoms with Crippen LogP contribution in [0.4, 0.5) is 0 Å². The second-order valence-corrected chi connectivity index (χ2v) is 5.64. The van der Waals surface area contributed by atoms with E-state index in [1.165, 1.54) is 5.56 Å². The van der Waals surface area contributed by atoms with Gasteiger partial charge >= 0.3 is 0 Å².